The van der Waals surface area contributed by atoms with Crippen LogP contribution in [0.5, 0.6) is 5.75 Å². The summed E-state index contributed by atoms with van der Waals surface area (Å²) in [6.45, 7) is 0.658. The number of benzene rings is 2. The van der Waals surface area contributed by atoms with Gasteiger partial charge in [-0.05, 0) is 61.4 Å². The van der Waals surface area contributed by atoms with Crippen molar-refractivity contribution in [3.63, 3.8) is 0 Å². The summed E-state index contributed by atoms with van der Waals surface area (Å²) in [7, 11) is 1.41. The molecule has 2 atom stereocenters. The molecule has 0 aliphatic carbocycles. The molecule has 0 fully saturated rings. The van der Waals surface area contributed by atoms with Gasteiger partial charge in [0.05, 0.1) is 18.5 Å². The number of hydrogen-bond donors (Lipinski definition) is 1. The number of halogens is 1. The lowest BCUT2D eigenvalue weighted by Crippen LogP contribution is -2.29. The molecule has 190 valence electrons. The van der Waals surface area contributed by atoms with Crippen molar-refractivity contribution in [1.82, 2.24) is 4.57 Å². The van der Waals surface area contributed by atoms with Gasteiger partial charge in [-0.15, -0.1) is 20.2 Å². The highest BCUT2D eigenvalue weighted by Crippen LogP contribution is 2.37. The fourth-order valence-corrected chi connectivity index (χ4v) is 4.11. The van der Waals surface area contributed by atoms with E-state index >= 15 is 0 Å². The van der Waals surface area contributed by atoms with E-state index in [0.717, 1.165) is 0 Å². The number of fused-ring (bicyclic) bond motifs is 1. The highest BCUT2D eigenvalue weighted by molar-refractivity contribution is 6.30. The second-order valence-corrected chi connectivity index (χ2v) is 8.06. The molecule has 36 heavy (non-hydrogen) atoms. The van der Waals surface area contributed by atoms with E-state index < -0.39 is 47.1 Å². The molecule has 14 heteroatoms. The number of rotatable bonds is 11. The van der Waals surface area contributed by atoms with E-state index in [1.165, 1.54) is 48.9 Å². The number of aromatic nitrogens is 1. The van der Waals surface area contributed by atoms with Crippen molar-refractivity contribution in [2.75, 3.05) is 13.7 Å². The van der Waals surface area contributed by atoms with E-state index in [4.69, 9.17) is 16.3 Å². The molecule has 3 rings (SSSR count). The second-order valence-electron chi connectivity index (χ2n) is 7.63. The standard InChI is InChI=1S/C22H20ClN3O10/c1-12-20(18(22(28)29)10-16(36-26(32)33)11-35-25(30)31)17-9-15(34-2)7-8-19(17)24(12)21(27)13-3-5-14(23)6-4-13/h3-9,16,18H,10-11H2,1-2H3,(H,28,29)/t16?,18-/m0/s1. The third-order valence-electron chi connectivity index (χ3n) is 5.50. The zero-order chi connectivity index (χ0) is 26.6. The minimum atomic E-state index is -1.58. The van der Waals surface area contributed by atoms with Crippen LogP contribution in [0, 0.1) is 27.2 Å². The Morgan fingerprint density at radius 3 is 2.33 bits per heavy atom. The molecular formula is C22H20ClN3O10. The van der Waals surface area contributed by atoms with E-state index in [1.54, 1.807) is 12.1 Å². The Kier molecular flexibility index (Phi) is 7.94. The van der Waals surface area contributed by atoms with Crippen LogP contribution in [-0.2, 0) is 14.5 Å². The lowest BCUT2D eigenvalue weighted by molar-refractivity contribution is -0.790. The predicted octanol–water partition coefficient (Wildman–Crippen LogP) is 3.64. The number of nitrogens with zero attached hydrogens (tertiary/aromatic N) is 3. The molecule has 1 N–H and O–H groups in total. The third-order valence-corrected chi connectivity index (χ3v) is 5.75. The van der Waals surface area contributed by atoms with Gasteiger partial charge >= 0.3 is 5.97 Å². The van der Waals surface area contributed by atoms with Crippen molar-refractivity contribution in [2.24, 2.45) is 0 Å². The van der Waals surface area contributed by atoms with Gasteiger partial charge in [-0.3, -0.25) is 14.2 Å². The molecule has 13 nitrogen and oxygen atoms in total. The van der Waals surface area contributed by atoms with Crippen LogP contribution in [0.15, 0.2) is 42.5 Å². The van der Waals surface area contributed by atoms with Crippen molar-refractivity contribution >= 4 is 34.4 Å². The number of methoxy groups -OCH3 is 1. The Labute approximate surface area is 207 Å². The molecule has 0 saturated carbocycles. The summed E-state index contributed by atoms with van der Waals surface area (Å²) in [5, 5.41) is 30.0. The average Bonchev–Trinajstić information content (AvgIpc) is 3.10. The van der Waals surface area contributed by atoms with E-state index in [1.807, 2.05) is 0 Å². The predicted molar refractivity (Wildman–Crippen MR) is 124 cm³/mol. The first-order valence-electron chi connectivity index (χ1n) is 10.3. The number of carboxylic acids is 1. The lowest BCUT2D eigenvalue weighted by Gasteiger charge is -2.19. The minimum Gasteiger partial charge on any atom is -0.497 e. The van der Waals surface area contributed by atoms with E-state index in [9.17, 15) is 34.9 Å². The molecule has 0 radical (unpaired) electrons. The molecule has 0 aliphatic rings. The number of carboxylic acid groups (broad SMARTS) is 1. The van der Waals surface area contributed by atoms with Crippen molar-refractivity contribution < 1.29 is 39.3 Å². The van der Waals surface area contributed by atoms with Crippen LogP contribution in [0.4, 0.5) is 0 Å². The van der Waals surface area contributed by atoms with Crippen molar-refractivity contribution in [2.45, 2.75) is 25.4 Å². The van der Waals surface area contributed by atoms with Crippen molar-refractivity contribution in [3.8, 4) is 5.75 Å². The molecule has 0 spiro atoms. The largest absolute Gasteiger partial charge is 0.497 e. The topological polar surface area (TPSA) is 173 Å². The van der Waals surface area contributed by atoms with Crippen LogP contribution in [0.1, 0.15) is 34.0 Å². The summed E-state index contributed by atoms with van der Waals surface area (Å²) in [5.41, 5.74) is 1.06. The number of carbonyl (C=O) groups excluding carboxylic acids is 1. The van der Waals surface area contributed by atoms with Gasteiger partial charge in [0.15, 0.2) is 0 Å². The maximum atomic E-state index is 13.4. The zero-order valence-electron chi connectivity index (χ0n) is 19.0. The van der Waals surface area contributed by atoms with Crippen LogP contribution >= 0.6 is 11.6 Å². The molecule has 0 amide bonds. The summed E-state index contributed by atoms with van der Waals surface area (Å²) in [6, 6.07) is 10.8. The molecule has 2 aromatic carbocycles. The Morgan fingerprint density at radius 1 is 1.11 bits per heavy atom. The number of aliphatic carboxylic acids is 1. The second kappa shape index (κ2) is 10.9. The smallest absolute Gasteiger partial charge is 0.311 e. The van der Waals surface area contributed by atoms with Gasteiger partial charge in [-0.2, -0.15) is 0 Å². The molecule has 0 saturated heterocycles. The van der Waals surface area contributed by atoms with Gasteiger partial charge < -0.3 is 19.5 Å². The quantitative estimate of drug-likeness (QED) is 0.289. The first-order chi connectivity index (χ1) is 17.0. The first-order valence-corrected chi connectivity index (χ1v) is 10.7. The Morgan fingerprint density at radius 2 is 1.78 bits per heavy atom. The normalized spacial score (nSPS) is 12.5. The summed E-state index contributed by atoms with van der Waals surface area (Å²) in [4.78, 5) is 55.9. The molecule has 0 bridgehead atoms. The van der Waals surface area contributed by atoms with Crippen LogP contribution in [0.25, 0.3) is 10.9 Å². The lowest BCUT2D eigenvalue weighted by atomic mass is 9.91. The number of hydrogen-bond acceptors (Lipinski definition) is 9. The minimum absolute atomic E-state index is 0.164. The number of ether oxygens (including phenoxy) is 1. The van der Waals surface area contributed by atoms with Crippen LogP contribution < -0.4 is 4.74 Å². The fourth-order valence-electron chi connectivity index (χ4n) is 3.98. The van der Waals surface area contributed by atoms with Crippen LogP contribution in [0.3, 0.4) is 0 Å². The molecule has 1 aromatic heterocycles. The Bertz CT molecular complexity index is 1320. The fraction of sp³-hybridized carbons (Fsp3) is 0.273. The molecule has 1 unspecified atom stereocenters. The molecule has 1 heterocycles. The number of carbonyl (C=O) groups is 2. The van der Waals surface area contributed by atoms with Gasteiger partial charge in [-0.1, -0.05) is 11.6 Å². The van der Waals surface area contributed by atoms with Crippen molar-refractivity contribution in [3.05, 3.63) is 84.5 Å². The average molecular weight is 522 g/mol. The Hall–Kier alpha value is -4.39. The Balaban J connectivity index is 2.17. The third kappa shape index (κ3) is 5.63. The molecule has 3 aromatic rings. The first kappa shape index (κ1) is 26.2. The maximum Gasteiger partial charge on any atom is 0.311 e. The van der Waals surface area contributed by atoms with Gasteiger partial charge in [0, 0.05) is 21.7 Å². The summed E-state index contributed by atoms with van der Waals surface area (Å²) in [5.74, 6) is -2.95. The monoisotopic (exact) mass is 521 g/mol. The van der Waals surface area contributed by atoms with Crippen LogP contribution in [0.2, 0.25) is 5.02 Å². The van der Waals surface area contributed by atoms with E-state index in [-0.39, 0.29) is 16.8 Å². The van der Waals surface area contributed by atoms with Crippen molar-refractivity contribution in [1.29, 1.82) is 0 Å². The highest BCUT2D eigenvalue weighted by Gasteiger charge is 2.33. The van der Waals surface area contributed by atoms with Gasteiger partial charge in [-0.25, -0.2) is 0 Å². The van der Waals surface area contributed by atoms with E-state index in [2.05, 4.69) is 9.68 Å². The summed E-state index contributed by atoms with van der Waals surface area (Å²) in [6.07, 6.45) is -2.14. The molecular weight excluding hydrogens is 502 g/mol. The maximum absolute atomic E-state index is 13.4. The highest BCUT2D eigenvalue weighted by atomic mass is 35.5. The zero-order valence-corrected chi connectivity index (χ0v) is 19.7. The SMILES string of the molecule is COc1ccc2c(c1)c([C@H](CC(CO[N+](=O)[O-])O[N+](=O)[O-])C(=O)O)c(C)n2C(=O)c1ccc(Cl)cc1. The molecule has 0 aliphatic heterocycles. The van der Waals surface area contributed by atoms with E-state index in [0.29, 0.717) is 21.7 Å². The van der Waals surface area contributed by atoms with Crippen LogP contribution in [-0.4, -0.2) is 51.5 Å². The van der Waals surface area contributed by atoms with Gasteiger partial charge in [0.2, 0.25) is 0 Å². The van der Waals surface area contributed by atoms with Gasteiger partial charge in [0.1, 0.15) is 18.5 Å². The van der Waals surface area contributed by atoms with Gasteiger partial charge in [0.25, 0.3) is 16.1 Å². The summed E-state index contributed by atoms with van der Waals surface area (Å²) >= 11 is 5.92. The summed E-state index contributed by atoms with van der Waals surface area (Å²) < 4.78 is 6.58.